The molecule has 1 atom stereocenters. The second-order valence-corrected chi connectivity index (χ2v) is 4.17. The molecule has 1 aromatic rings. The zero-order chi connectivity index (χ0) is 15.0. The molecule has 0 aliphatic heterocycles. The van der Waals surface area contributed by atoms with Crippen molar-refractivity contribution in [2.45, 2.75) is 13.0 Å². The van der Waals surface area contributed by atoms with E-state index in [4.69, 9.17) is 10.6 Å². The highest BCUT2D eigenvalue weighted by Gasteiger charge is 2.17. The topological polar surface area (TPSA) is 105 Å². The number of hydrogen-bond donors (Lipinski definition) is 4. The number of methoxy groups -OCH3 is 1. The zero-order valence-corrected chi connectivity index (χ0v) is 11.6. The van der Waals surface area contributed by atoms with Crippen molar-refractivity contribution in [2.24, 2.45) is 5.84 Å². The number of carbonyl (C=O) groups excluding carboxylic acids is 2. The second kappa shape index (κ2) is 8.13. The molecule has 0 aromatic heterocycles. The molecule has 0 heterocycles. The number of nitrogen functional groups attached to an aromatic ring is 1. The molecule has 20 heavy (non-hydrogen) atoms. The number of nitrogens with two attached hydrogens (primary N) is 1. The van der Waals surface area contributed by atoms with Crippen LogP contribution in [0.4, 0.5) is 5.69 Å². The molecule has 0 saturated heterocycles. The van der Waals surface area contributed by atoms with Crippen LogP contribution in [0.1, 0.15) is 17.3 Å². The molecule has 7 heteroatoms. The SMILES string of the molecule is COCCNC(=O)C(C)NC(=O)c1ccccc1NN. The van der Waals surface area contributed by atoms with E-state index < -0.39 is 6.04 Å². The molecule has 0 spiro atoms. The van der Waals surface area contributed by atoms with E-state index in [1.807, 2.05) is 0 Å². The number of hydrogen-bond acceptors (Lipinski definition) is 5. The summed E-state index contributed by atoms with van der Waals surface area (Å²) in [5, 5.41) is 5.26. The quantitative estimate of drug-likeness (QED) is 0.316. The van der Waals surface area contributed by atoms with E-state index in [0.29, 0.717) is 24.4 Å². The predicted molar refractivity (Wildman–Crippen MR) is 76.1 cm³/mol. The van der Waals surface area contributed by atoms with Crippen LogP contribution in [0.15, 0.2) is 24.3 Å². The van der Waals surface area contributed by atoms with Crippen molar-refractivity contribution in [1.29, 1.82) is 0 Å². The predicted octanol–water partition coefficient (Wildman–Crippen LogP) is -0.147. The van der Waals surface area contributed by atoms with E-state index in [9.17, 15) is 9.59 Å². The number of rotatable bonds is 7. The molecule has 0 bridgehead atoms. The van der Waals surface area contributed by atoms with Crippen LogP contribution in [0.3, 0.4) is 0 Å². The van der Waals surface area contributed by atoms with E-state index in [2.05, 4.69) is 16.1 Å². The number of amides is 2. The molecule has 1 aromatic carbocycles. The lowest BCUT2D eigenvalue weighted by Gasteiger charge is -2.15. The molecule has 110 valence electrons. The lowest BCUT2D eigenvalue weighted by atomic mass is 10.1. The summed E-state index contributed by atoms with van der Waals surface area (Å²) in [6, 6.07) is 6.13. The Hall–Kier alpha value is -2.12. The van der Waals surface area contributed by atoms with Gasteiger partial charge in [0.25, 0.3) is 5.91 Å². The number of para-hydroxylation sites is 1. The van der Waals surface area contributed by atoms with Crippen LogP contribution in [0.25, 0.3) is 0 Å². The highest BCUT2D eigenvalue weighted by atomic mass is 16.5. The van der Waals surface area contributed by atoms with Gasteiger partial charge in [-0.25, -0.2) is 0 Å². The molecular formula is C13H20N4O3. The highest BCUT2D eigenvalue weighted by molar-refractivity contribution is 6.01. The lowest BCUT2D eigenvalue weighted by Crippen LogP contribution is -2.45. The van der Waals surface area contributed by atoms with E-state index >= 15 is 0 Å². The number of carbonyl (C=O) groups is 2. The minimum absolute atomic E-state index is 0.270. The van der Waals surface area contributed by atoms with Crippen LogP contribution in [-0.4, -0.2) is 38.1 Å². The number of ether oxygens (including phenoxy) is 1. The Morgan fingerprint density at radius 1 is 1.35 bits per heavy atom. The molecule has 5 N–H and O–H groups in total. The molecule has 0 aliphatic rings. The Morgan fingerprint density at radius 3 is 2.70 bits per heavy atom. The summed E-state index contributed by atoms with van der Waals surface area (Å²) in [6.45, 7) is 2.43. The zero-order valence-electron chi connectivity index (χ0n) is 11.6. The third-order valence-corrected chi connectivity index (χ3v) is 2.67. The highest BCUT2D eigenvalue weighted by Crippen LogP contribution is 2.13. The van der Waals surface area contributed by atoms with Gasteiger partial charge in [-0.15, -0.1) is 0 Å². The third kappa shape index (κ3) is 4.52. The molecule has 7 nitrogen and oxygen atoms in total. The maximum absolute atomic E-state index is 12.1. The minimum Gasteiger partial charge on any atom is -0.383 e. The molecule has 1 unspecified atom stereocenters. The number of anilines is 1. The maximum atomic E-state index is 12.1. The monoisotopic (exact) mass is 280 g/mol. The van der Waals surface area contributed by atoms with Crippen LogP contribution in [-0.2, 0) is 9.53 Å². The van der Waals surface area contributed by atoms with Crippen molar-refractivity contribution >= 4 is 17.5 Å². The van der Waals surface area contributed by atoms with Crippen LogP contribution in [0.5, 0.6) is 0 Å². The summed E-state index contributed by atoms with van der Waals surface area (Å²) >= 11 is 0. The van der Waals surface area contributed by atoms with Crippen molar-refractivity contribution < 1.29 is 14.3 Å². The fourth-order valence-corrected chi connectivity index (χ4v) is 1.58. The van der Waals surface area contributed by atoms with Gasteiger partial charge in [0, 0.05) is 13.7 Å². The van der Waals surface area contributed by atoms with Gasteiger partial charge in [-0.3, -0.25) is 15.4 Å². The smallest absolute Gasteiger partial charge is 0.254 e. The Labute approximate surface area is 117 Å². The van der Waals surface area contributed by atoms with E-state index in [1.165, 1.54) is 0 Å². The van der Waals surface area contributed by atoms with Gasteiger partial charge in [-0.2, -0.15) is 0 Å². The summed E-state index contributed by atoms with van der Waals surface area (Å²) in [6.07, 6.45) is 0. The normalized spacial score (nSPS) is 11.6. The first kappa shape index (κ1) is 15.9. The average molecular weight is 280 g/mol. The maximum Gasteiger partial charge on any atom is 0.254 e. The average Bonchev–Trinajstić information content (AvgIpc) is 2.47. The van der Waals surface area contributed by atoms with Gasteiger partial charge in [-0.05, 0) is 19.1 Å². The Bertz CT molecular complexity index is 465. The van der Waals surface area contributed by atoms with Crippen LogP contribution in [0, 0.1) is 0 Å². The number of benzene rings is 1. The van der Waals surface area contributed by atoms with Crippen LogP contribution >= 0.6 is 0 Å². The lowest BCUT2D eigenvalue weighted by molar-refractivity contribution is -0.122. The summed E-state index contributed by atoms with van der Waals surface area (Å²) in [7, 11) is 1.55. The first-order valence-electron chi connectivity index (χ1n) is 6.23. The molecule has 2 amide bonds. The van der Waals surface area contributed by atoms with Gasteiger partial charge in [0.1, 0.15) is 6.04 Å². The number of hydrazine groups is 1. The molecule has 0 aliphatic carbocycles. The van der Waals surface area contributed by atoms with Crippen molar-refractivity contribution in [3.05, 3.63) is 29.8 Å². The molecule has 1 rings (SSSR count). The Balaban J connectivity index is 2.59. The van der Waals surface area contributed by atoms with Gasteiger partial charge in [-0.1, -0.05) is 12.1 Å². The summed E-state index contributed by atoms with van der Waals surface area (Å²) in [5.41, 5.74) is 3.32. The fraction of sp³-hybridized carbons (Fsp3) is 0.385. The van der Waals surface area contributed by atoms with Gasteiger partial charge in [0.2, 0.25) is 5.91 Å². The van der Waals surface area contributed by atoms with Gasteiger partial charge < -0.3 is 20.8 Å². The van der Waals surface area contributed by atoms with E-state index in [1.54, 1.807) is 38.3 Å². The van der Waals surface area contributed by atoms with Crippen molar-refractivity contribution in [3.63, 3.8) is 0 Å². The molecular weight excluding hydrogens is 260 g/mol. The largest absolute Gasteiger partial charge is 0.383 e. The standard InChI is InChI=1S/C13H20N4O3/c1-9(12(18)15-7-8-20-2)16-13(19)10-5-3-4-6-11(10)17-14/h3-6,9,17H,7-8,14H2,1-2H3,(H,15,18)(H,16,19). The summed E-state index contributed by atoms with van der Waals surface area (Å²) < 4.78 is 4.83. The van der Waals surface area contributed by atoms with Gasteiger partial charge in [0.15, 0.2) is 0 Å². The Kier molecular flexibility index (Phi) is 6.48. The van der Waals surface area contributed by atoms with E-state index in [-0.39, 0.29) is 11.8 Å². The van der Waals surface area contributed by atoms with Gasteiger partial charge in [0.05, 0.1) is 17.9 Å². The molecule has 0 radical (unpaired) electrons. The first-order valence-corrected chi connectivity index (χ1v) is 6.23. The molecule has 0 fully saturated rings. The first-order chi connectivity index (χ1) is 9.60. The third-order valence-electron chi connectivity index (χ3n) is 2.67. The second-order valence-electron chi connectivity index (χ2n) is 4.17. The Morgan fingerprint density at radius 2 is 2.05 bits per heavy atom. The summed E-state index contributed by atoms with van der Waals surface area (Å²) in [4.78, 5) is 23.8. The number of nitrogens with one attached hydrogen (secondary N) is 3. The fourth-order valence-electron chi connectivity index (χ4n) is 1.58. The van der Waals surface area contributed by atoms with Crippen LogP contribution in [0.2, 0.25) is 0 Å². The van der Waals surface area contributed by atoms with E-state index in [0.717, 1.165) is 0 Å². The van der Waals surface area contributed by atoms with Crippen molar-refractivity contribution in [1.82, 2.24) is 10.6 Å². The van der Waals surface area contributed by atoms with Crippen molar-refractivity contribution in [3.8, 4) is 0 Å². The minimum atomic E-state index is -0.648. The van der Waals surface area contributed by atoms with Gasteiger partial charge >= 0.3 is 0 Å². The molecule has 0 saturated carbocycles. The van der Waals surface area contributed by atoms with Crippen molar-refractivity contribution in [2.75, 3.05) is 25.7 Å². The summed E-state index contributed by atoms with van der Waals surface area (Å²) in [5.74, 6) is 4.70. The van der Waals surface area contributed by atoms with Crippen LogP contribution < -0.4 is 21.9 Å².